The Morgan fingerprint density at radius 2 is 1.73 bits per heavy atom. The normalized spacial score (nSPS) is 9.92. The molecule has 0 radical (unpaired) electrons. The van der Waals surface area contributed by atoms with Crippen LogP contribution in [0.3, 0.4) is 0 Å². The highest BCUT2D eigenvalue weighted by molar-refractivity contribution is 5.96. The number of rotatable bonds is 3. The first-order chi connectivity index (χ1) is 12.6. The molecule has 1 N–H and O–H groups in total. The van der Waals surface area contributed by atoms with Crippen molar-refractivity contribution >= 4 is 22.9 Å². The van der Waals surface area contributed by atoms with Crippen LogP contribution >= 0.6 is 0 Å². The predicted octanol–water partition coefficient (Wildman–Crippen LogP) is 2.05. The van der Waals surface area contributed by atoms with Gasteiger partial charge in [-0.3, -0.25) is 4.79 Å². The first-order valence-corrected chi connectivity index (χ1v) is 7.55. The molecule has 8 nitrogen and oxygen atoms in total. The molecule has 2 heterocycles. The van der Waals surface area contributed by atoms with Gasteiger partial charge < -0.3 is 9.88 Å². The van der Waals surface area contributed by atoms with Crippen molar-refractivity contribution in [3.63, 3.8) is 0 Å². The van der Waals surface area contributed by atoms with Gasteiger partial charge in [-0.25, -0.2) is 9.97 Å². The summed E-state index contributed by atoms with van der Waals surface area (Å²) in [6.07, 6.45) is 0. The minimum absolute atomic E-state index is 0.0969. The lowest BCUT2D eigenvalue weighted by molar-refractivity contribution is -0.114. The van der Waals surface area contributed by atoms with E-state index in [9.17, 15) is 15.3 Å². The second-order valence-electron chi connectivity index (χ2n) is 5.40. The summed E-state index contributed by atoms with van der Waals surface area (Å²) in [5, 5.41) is 30.6. The number of amides is 1. The number of hydrogen-bond acceptors (Lipinski definition) is 6. The molecule has 2 aromatic heterocycles. The fraction of sp³-hybridized carbons (Fsp3) is 0.111. The molecule has 0 fully saturated rings. The molecule has 0 aliphatic carbocycles. The largest absolute Gasteiger partial charge is 0.311 e. The van der Waals surface area contributed by atoms with E-state index in [1.165, 1.54) is 6.92 Å². The Hall–Kier alpha value is -4.22. The highest BCUT2D eigenvalue weighted by Gasteiger charge is 2.23. The number of carbonyl (C=O) groups excluding carboxylic acids is 1. The van der Waals surface area contributed by atoms with E-state index < -0.39 is 0 Å². The van der Waals surface area contributed by atoms with Crippen molar-refractivity contribution < 1.29 is 4.79 Å². The van der Waals surface area contributed by atoms with Gasteiger partial charge in [0, 0.05) is 6.92 Å². The third kappa shape index (κ3) is 2.82. The molecule has 0 atom stereocenters. The van der Waals surface area contributed by atoms with Crippen LogP contribution in [-0.2, 0) is 11.3 Å². The maximum Gasteiger partial charge on any atom is 0.222 e. The van der Waals surface area contributed by atoms with Crippen molar-refractivity contribution in [1.29, 1.82) is 15.8 Å². The molecule has 0 aliphatic heterocycles. The van der Waals surface area contributed by atoms with Gasteiger partial charge in [-0.1, -0.05) is 30.3 Å². The van der Waals surface area contributed by atoms with Gasteiger partial charge in [0.15, 0.2) is 17.0 Å². The molecule has 0 saturated heterocycles. The number of fused-ring (bicyclic) bond motifs is 1. The van der Waals surface area contributed by atoms with Crippen molar-refractivity contribution in [3.05, 3.63) is 52.8 Å². The molecular weight excluding hydrogens is 330 g/mol. The van der Waals surface area contributed by atoms with Crippen LogP contribution in [0, 0.1) is 34.0 Å². The molecule has 8 heteroatoms. The number of nitrogens with one attached hydrogen (secondary N) is 1. The average molecular weight is 341 g/mol. The molecule has 0 spiro atoms. The van der Waals surface area contributed by atoms with Crippen LogP contribution in [0.5, 0.6) is 0 Å². The van der Waals surface area contributed by atoms with Gasteiger partial charge in [-0.2, -0.15) is 15.8 Å². The minimum atomic E-state index is -0.361. The standard InChI is InChI=1S/C18H11N7O/c1-11(26)22-17-13(7-19)16-18(24-15(9-21)14(8-20)23-16)25(17)10-12-5-3-2-4-6-12/h2-6H,10H2,1H3,(H,22,26). The number of aromatic nitrogens is 3. The Bertz CT molecular complexity index is 1140. The molecule has 124 valence electrons. The molecule has 26 heavy (non-hydrogen) atoms. The van der Waals surface area contributed by atoms with E-state index in [-0.39, 0.29) is 39.8 Å². The van der Waals surface area contributed by atoms with Gasteiger partial charge in [0.2, 0.25) is 5.91 Å². The topological polar surface area (TPSA) is 131 Å². The molecule has 1 aromatic carbocycles. The smallest absolute Gasteiger partial charge is 0.222 e. The summed E-state index contributed by atoms with van der Waals surface area (Å²) < 4.78 is 1.61. The molecule has 3 aromatic rings. The van der Waals surface area contributed by atoms with Crippen LogP contribution in [0.1, 0.15) is 29.4 Å². The van der Waals surface area contributed by atoms with Crippen LogP contribution in [0.15, 0.2) is 30.3 Å². The predicted molar refractivity (Wildman–Crippen MR) is 91.5 cm³/mol. The zero-order chi connectivity index (χ0) is 18.7. The number of carbonyl (C=O) groups is 1. The number of nitriles is 3. The number of nitrogens with zero attached hydrogens (tertiary/aromatic N) is 6. The van der Waals surface area contributed by atoms with E-state index in [0.717, 1.165) is 5.56 Å². The summed E-state index contributed by atoms with van der Waals surface area (Å²) in [6.45, 7) is 1.63. The third-order valence-corrected chi connectivity index (χ3v) is 3.68. The van der Waals surface area contributed by atoms with Gasteiger partial charge in [-0.05, 0) is 5.56 Å². The van der Waals surface area contributed by atoms with E-state index in [4.69, 9.17) is 5.26 Å². The van der Waals surface area contributed by atoms with E-state index in [1.54, 1.807) is 4.57 Å². The van der Waals surface area contributed by atoms with Crippen molar-refractivity contribution in [2.24, 2.45) is 0 Å². The van der Waals surface area contributed by atoms with Gasteiger partial charge in [0.25, 0.3) is 0 Å². The van der Waals surface area contributed by atoms with Crippen LogP contribution in [0.4, 0.5) is 5.82 Å². The van der Waals surface area contributed by atoms with Gasteiger partial charge in [0.1, 0.15) is 35.1 Å². The first-order valence-electron chi connectivity index (χ1n) is 7.55. The Balaban J connectivity index is 2.35. The van der Waals surface area contributed by atoms with Crippen LogP contribution in [-0.4, -0.2) is 20.4 Å². The van der Waals surface area contributed by atoms with E-state index in [0.29, 0.717) is 6.54 Å². The van der Waals surface area contributed by atoms with E-state index in [1.807, 2.05) is 48.5 Å². The number of anilines is 1. The van der Waals surface area contributed by atoms with Crippen LogP contribution < -0.4 is 5.32 Å². The Kier molecular flexibility index (Phi) is 4.30. The Morgan fingerprint density at radius 1 is 1.08 bits per heavy atom. The maximum atomic E-state index is 11.6. The highest BCUT2D eigenvalue weighted by atomic mass is 16.1. The molecule has 0 aliphatic rings. The van der Waals surface area contributed by atoms with Crippen molar-refractivity contribution in [3.8, 4) is 18.2 Å². The van der Waals surface area contributed by atoms with E-state index in [2.05, 4.69) is 15.3 Å². The summed E-state index contributed by atoms with van der Waals surface area (Å²) in [7, 11) is 0. The lowest BCUT2D eigenvalue weighted by atomic mass is 10.2. The van der Waals surface area contributed by atoms with E-state index >= 15 is 0 Å². The van der Waals surface area contributed by atoms with Crippen LogP contribution in [0.2, 0.25) is 0 Å². The van der Waals surface area contributed by atoms with Crippen molar-refractivity contribution in [2.45, 2.75) is 13.5 Å². The molecule has 0 bridgehead atoms. The second kappa shape index (κ2) is 6.72. The lowest BCUT2D eigenvalue weighted by Crippen LogP contribution is -2.13. The maximum absolute atomic E-state index is 11.6. The van der Waals surface area contributed by atoms with Gasteiger partial charge in [-0.15, -0.1) is 0 Å². The molecular formula is C18H11N7O. The fourth-order valence-electron chi connectivity index (χ4n) is 2.61. The first kappa shape index (κ1) is 16.6. The van der Waals surface area contributed by atoms with Crippen molar-refractivity contribution in [2.75, 3.05) is 5.32 Å². The minimum Gasteiger partial charge on any atom is -0.311 e. The van der Waals surface area contributed by atoms with Crippen molar-refractivity contribution in [1.82, 2.24) is 14.5 Å². The number of hydrogen-bond donors (Lipinski definition) is 1. The second-order valence-corrected chi connectivity index (χ2v) is 5.40. The monoisotopic (exact) mass is 341 g/mol. The molecule has 0 unspecified atom stereocenters. The summed E-state index contributed by atoms with van der Waals surface area (Å²) in [5.41, 5.74) is 1.13. The quantitative estimate of drug-likeness (QED) is 0.775. The SMILES string of the molecule is CC(=O)Nc1c(C#N)c2nc(C#N)c(C#N)nc2n1Cc1ccccc1. The Morgan fingerprint density at radius 3 is 2.31 bits per heavy atom. The summed E-state index contributed by atoms with van der Waals surface area (Å²) >= 11 is 0. The lowest BCUT2D eigenvalue weighted by Gasteiger charge is -2.10. The number of benzene rings is 1. The average Bonchev–Trinajstić information content (AvgIpc) is 2.92. The molecule has 0 saturated carbocycles. The fourth-order valence-corrected chi connectivity index (χ4v) is 2.61. The van der Waals surface area contributed by atoms with Crippen LogP contribution in [0.25, 0.3) is 11.2 Å². The zero-order valence-corrected chi connectivity index (χ0v) is 13.7. The summed E-state index contributed by atoms with van der Waals surface area (Å²) in [6, 6.07) is 15.0. The highest BCUT2D eigenvalue weighted by Crippen LogP contribution is 2.29. The van der Waals surface area contributed by atoms with Gasteiger partial charge >= 0.3 is 0 Å². The molecule has 3 rings (SSSR count). The zero-order valence-electron chi connectivity index (χ0n) is 13.7. The molecule has 1 amide bonds. The summed E-state index contributed by atoms with van der Waals surface area (Å²) in [4.78, 5) is 20.0. The summed E-state index contributed by atoms with van der Waals surface area (Å²) in [5.74, 6) is -0.127. The third-order valence-electron chi connectivity index (χ3n) is 3.68. The van der Waals surface area contributed by atoms with Gasteiger partial charge in [0.05, 0.1) is 6.54 Å². The Labute approximate surface area is 148 Å².